The lowest BCUT2D eigenvalue weighted by molar-refractivity contribution is -0.137. The average molecular weight is 541 g/mol. The molecule has 7 N–H and O–H groups in total. The molecule has 0 saturated heterocycles. The molecule has 0 bridgehead atoms. The number of amides is 2. The van der Waals surface area contributed by atoms with Crippen molar-refractivity contribution in [3.05, 3.63) is 58.2 Å². The number of Topliss-reactive ketones (excluding diaryl/α,β-unsaturated/α-hetero) is 1. The topological polar surface area (TPSA) is 157 Å². The SMILES string of the molecule is Cc1c(C(=O)C(=O)NC2(/C(N)=C/NN)CC(F)(F)C2)c2n(c1C(=O)Nc1ccnc(C(F)F)c1F)CCC2. The number of pyridine rings is 1. The van der Waals surface area contributed by atoms with Gasteiger partial charge in [0.15, 0.2) is 5.82 Å². The van der Waals surface area contributed by atoms with E-state index < -0.39 is 65.5 Å². The second kappa shape index (κ2) is 9.70. The zero-order chi connectivity index (χ0) is 28.0. The Morgan fingerprint density at radius 3 is 2.53 bits per heavy atom. The number of ketones is 1. The minimum Gasteiger partial charge on any atom is -0.399 e. The first-order chi connectivity index (χ1) is 17.8. The molecule has 1 saturated carbocycles. The van der Waals surface area contributed by atoms with Crippen LogP contribution >= 0.6 is 0 Å². The summed E-state index contributed by atoms with van der Waals surface area (Å²) < 4.78 is 69.4. The summed E-state index contributed by atoms with van der Waals surface area (Å²) in [6.45, 7) is 1.69. The molecule has 3 heterocycles. The number of fused-ring (bicyclic) bond motifs is 1. The van der Waals surface area contributed by atoms with E-state index in [1.54, 1.807) is 0 Å². The summed E-state index contributed by atoms with van der Waals surface area (Å²) in [5.74, 6) is -2.54. The number of hydrazine groups is 1. The fraction of sp³-hybridized carbons (Fsp3) is 0.391. The van der Waals surface area contributed by atoms with Crippen LogP contribution in [0.15, 0.2) is 24.2 Å². The first kappa shape index (κ1) is 27.0. The molecule has 1 fully saturated rings. The maximum atomic E-state index is 14.4. The van der Waals surface area contributed by atoms with E-state index in [-0.39, 0.29) is 22.5 Å². The Bertz CT molecular complexity index is 1350. The number of halogens is 5. The number of nitrogens with one attached hydrogen (secondary N) is 3. The van der Waals surface area contributed by atoms with Gasteiger partial charge in [-0.1, -0.05) is 0 Å². The number of rotatable bonds is 8. The van der Waals surface area contributed by atoms with Crippen molar-refractivity contribution in [1.82, 2.24) is 20.3 Å². The van der Waals surface area contributed by atoms with Crippen LogP contribution in [0.25, 0.3) is 0 Å². The molecule has 2 amide bonds. The van der Waals surface area contributed by atoms with Crippen LogP contribution in [0, 0.1) is 12.7 Å². The first-order valence-electron chi connectivity index (χ1n) is 11.4. The van der Waals surface area contributed by atoms with Gasteiger partial charge < -0.3 is 26.4 Å². The van der Waals surface area contributed by atoms with Crippen LogP contribution in [0.2, 0.25) is 0 Å². The number of hydrogen-bond donors (Lipinski definition) is 5. The van der Waals surface area contributed by atoms with E-state index in [1.165, 1.54) is 11.5 Å². The third kappa shape index (κ3) is 4.57. The van der Waals surface area contributed by atoms with Gasteiger partial charge in [0.1, 0.15) is 11.4 Å². The van der Waals surface area contributed by atoms with Gasteiger partial charge in [-0.3, -0.25) is 25.2 Å². The van der Waals surface area contributed by atoms with Crippen LogP contribution in [0.4, 0.5) is 27.6 Å². The lowest BCUT2D eigenvalue weighted by Gasteiger charge is -2.47. The molecular weight excluding hydrogens is 517 g/mol. The van der Waals surface area contributed by atoms with E-state index in [2.05, 4.69) is 21.0 Å². The lowest BCUT2D eigenvalue weighted by Crippen LogP contribution is -2.65. The summed E-state index contributed by atoms with van der Waals surface area (Å²) in [5, 5.41) is 4.52. The molecule has 0 spiro atoms. The molecule has 1 aliphatic carbocycles. The number of nitrogens with two attached hydrogens (primary N) is 2. The first-order valence-corrected chi connectivity index (χ1v) is 11.4. The van der Waals surface area contributed by atoms with Crippen LogP contribution in [0.5, 0.6) is 0 Å². The Hall–Kier alpha value is -4.01. The maximum Gasteiger partial charge on any atom is 0.293 e. The number of aromatic nitrogens is 2. The Labute approximate surface area is 212 Å². The molecule has 2 aromatic heterocycles. The highest BCUT2D eigenvalue weighted by Crippen LogP contribution is 2.48. The fourth-order valence-corrected chi connectivity index (χ4v) is 5.01. The van der Waals surface area contributed by atoms with Crippen LogP contribution in [-0.2, 0) is 17.8 Å². The predicted octanol–water partition coefficient (Wildman–Crippen LogP) is 2.20. The van der Waals surface area contributed by atoms with Gasteiger partial charge in [0, 0.05) is 37.5 Å². The molecule has 2 aliphatic rings. The Morgan fingerprint density at radius 2 is 1.92 bits per heavy atom. The van der Waals surface area contributed by atoms with Crippen molar-refractivity contribution < 1.29 is 36.3 Å². The number of anilines is 1. The summed E-state index contributed by atoms with van der Waals surface area (Å²) in [4.78, 5) is 42.6. The van der Waals surface area contributed by atoms with Crippen LogP contribution in [-0.4, -0.2) is 38.6 Å². The van der Waals surface area contributed by atoms with Crippen molar-refractivity contribution in [2.75, 3.05) is 5.32 Å². The van der Waals surface area contributed by atoms with Crippen LogP contribution in [0.1, 0.15) is 63.5 Å². The number of hydrogen-bond acceptors (Lipinski definition) is 7. The number of alkyl halides is 4. The highest BCUT2D eigenvalue weighted by Gasteiger charge is 2.59. The minimum atomic E-state index is -3.21. The zero-order valence-electron chi connectivity index (χ0n) is 20.0. The highest BCUT2D eigenvalue weighted by molar-refractivity contribution is 6.44. The summed E-state index contributed by atoms with van der Waals surface area (Å²) in [7, 11) is 0. The molecule has 0 radical (unpaired) electrons. The Balaban J connectivity index is 1.64. The van der Waals surface area contributed by atoms with Crippen molar-refractivity contribution >= 4 is 23.3 Å². The molecule has 38 heavy (non-hydrogen) atoms. The van der Waals surface area contributed by atoms with Gasteiger partial charge in [-0.2, -0.15) is 0 Å². The van der Waals surface area contributed by atoms with E-state index in [0.717, 1.165) is 18.5 Å². The van der Waals surface area contributed by atoms with Crippen LogP contribution < -0.4 is 27.6 Å². The molecule has 10 nitrogen and oxygen atoms in total. The molecular formula is C23H24F5N7O3. The molecule has 2 aromatic rings. The average Bonchev–Trinajstić information content (AvgIpc) is 3.37. The maximum absolute atomic E-state index is 14.4. The standard InChI is InChI=1S/C23H24F5N7O3/c1-10-14(18(36)21(38)34-22(13(29)7-32-30)8-23(27,28)9-22)12-3-2-6-35(12)17(10)20(37)33-11-4-5-31-16(15(11)24)19(25)26/h4-5,7,19,32H,2-3,6,8-9,29-30H2,1H3,(H,34,38)(H,31,33,37)/b13-7-. The van der Waals surface area contributed by atoms with E-state index in [1.807, 2.05) is 0 Å². The van der Waals surface area contributed by atoms with Crippen molar-refractivity contribution in [3.8, 4) is 0 Å². The third-order valence-electron chi connectivity index (χ3n) is 6.69. The quantitative estimate of drug-likeness (QED) is 0.113. The molecule has 4 rings (SSSR count). The van der Waals surface area contributed by atoms with Crippen molar-refractivity contribution in [2.24, 2.45) is 11.6 Å². The Kier molecular flexibility index (Phi) is 6.90. The van der Waals surface area contributed by atoms with Gasteiger partial charge in [0.05, 0.1) is 22.5 Å². The largest absolute Gasteiger partial charge is 0.399 e. The smallest absolute Gasteiger partial charge is 0.293 e. The van der Waals surface area contributed by atoms with Crippen molar-refractivity contribution in [1.29, 1.82) is 0 Å². The molecule has 0 unspecified atom stereocenters. The molecule has 0 aromatic carbocycles. The Morgan fingerprint density at radius 1 is 1.24 bits per heavy atom. The van der Waals surface area contributed by atoms with Crippen molar-refractivity contribution in [2.45, 2.75) is 57.0 Å². The van der Waals surface area contributed by atoms with Gasteiger partial charge in [-0.05, 0) is 31.4 Å². The van der Waals surface area contributed by atoms with Gasteiger partial charge in [0.25, 0.3) is 29.9 Å². The van der Waals surface area contributed by atoms with Gasteiger partial charge >= 0.3 is 0 Å². The molecule has 0 atom stereocenters. The van der Waals surface area contributed by atoms with Gasteiger partial charge in [-0.15, -0.1) is 0 Å². The summed E-state index contributed by atoms with van der Waals surface area (Å²) >= 11 is 0. The minimum absolute atomic E-state index is 0.0694. The van der Waals surface area contributed by atoms with Gasteiger partial charge in [0.2, 0.25) is 0 Å². The lowest BCUT2D eigenvalue weighted by atomic mass is 9.71. The normalized spacial score (nSPS) is 17.5. The summed E-state index contributed by atoms with van der Waals surface area (Å²) in [6.07, 6.45) is -2.12. The molecule has 15 heteroatoms. The number of carbonyl (C=O) groups excluding carboxylic acids is 3. The second-order valence-corrected chi connectivity index (χ2v) is 9.20. The van der Waals surface area contributed by atoms with E-state index in [4.69, 9.17) is 11.6 Å². The predicted molar refractivity (Wildman–Crippen MR) is 124 cm³/mol. The van der Waals surface area contributed by atoms with Crippen molar-refractivity contribution in [3.63, 3.8) is 0 Å². The van der Waals surface area contributed by atoms with E-state index >= 15 is 0 Å². The van der Waals surface area contributed by atoms with Gasteiger partial charge in [-0.25, -0.2) is 22.0 Å². The number of carbonyl (C=O) groups is 3. The van der Waals surface area contributed by atoms with E-state index in [9.17, 15) is 36.3 Å². The highest BCUT2D eigenvalue weighted by atomic mass is 19.3. The molecule has 204 valence electrons. The van der Waals surface area contributed by atoms with Crippen LogP contribution in [0.3, 0.4) is 0 Å². The number of nitrogens with zero attached hydrogens (tertiary/aromatic N) is 2. The third-order valence-corrected chi connectivity index (χ3v) is 6.69. The fourth-order valence-electron chi connectivity index (χ4n) is 5.01. The van der Waals surface area contributed by atoms with E-state index in [0.29, 0.717) is 25.1 Å². The summed E-state index contributed by atoms with van der Waals surface area (Å²) in [6, 6.07) is 1.00. The summed E-state index contributed by atoms with van der Waals surface area (Å²) in [5.41, 5.74) is 4.62. The zero-order valence-corrected chi connectivity index (χ0v) is 20.0. The second-order valence-electron chi connectivity index (χ2n) is 9.20. The molecule has 1 aliphatic heterocycles. The monoisotopic (exact) mass is 541 g/mol.